The van der Waals surface area contributed by atoms with Crippen molar-refractivity contribution in [3.05, 3.63) is 79.1 Å². The van der Waals surface area contributed by atoms with E-state index in [9.17, 15) is 0 Å². The van der Waals surface area contributed by atoms with Crippen LogP contribution in [0.25, 0.3) is 10.8 Å². The topological polar surface area (TPSA) is 79.1 Å². The quantitative estimate of drug-likeness (QED) is 0.423. The largest absolute Gasteiger partial charge is 0.393 e. The molecule has 4 N–H and O–H groups in total. The summed E-state index contributed by atoms with van der Waals surface area (Å²) in [6.07, 6.45) is 1.52. The van der Waals surface area contributed by atoms with Gasteiger partial charge in [0.25, 0.3) is 0 Å². The molecule has 3 aromatic carbocycles. The van der Waals surface area contributed by atoms with Crippen LogP contribution in [0, 0.1) is 0 Å². The first kappa shape index (κ1) is 17.6. The second kappa shape index (κ2) is 7.84. The number of hydrogen-bond acceptors (Lipinski definition) is 6. The van der Waals surface area contributed by atoms with Gasteiger partial charge in [-0.15, -0.1) is 0 Å². The molecule has 0 radical (unpaired) electrons. The fourth-order valence-corrected chi connectivity index (χ4v) is 3.23. The number of nitrogens with one attached hydrogen (secondary N) is 2. The number of hydrazine groups is 1. The Hall–Kier alpha value is -3.80. The van der Waals surface area contributed by atoms with Gasteiger partial charge in [0.15, 0.2) is 11.6 Å². The second-order valence-electron chi connectivity index (χ2n) is 6.32. The number of hydrogen-bond donors (Lipinski definition) is 3. The number of nitrogen functional groups attached to an aromatic ring is 1. The van der Waals surface area contributed by atoms with Gasteiger partial charge < -0.3 is 10.6 Å². The summed E-state index contributed by atoms with van der Waals surface area (Å²) in [5.41, 5.74) is 15.1. The van der Waals surface area contributed by atoms with E-state index in [1.54, 1.807) is 0 Å². The predicted molar refractivity (Wildman–Crippen MR) is 117 cm³/mol. The molecular weight excluding hydrogens is 348 g/mol. The summed E-state index contributed by atoms with van der Waals surface area (Å²) < 4.78 is 0. The van der Waals surface area contributed by atoms with E-state index < -0.39 is 0 Å². The first-order valence-corrected chi connectivity index (χ1v) is 9.20. The number of rotatable bonds is 6. The van der Waals surface area contributed by atoms with Crippen LogP contribution < -0.4 is 21.5 Å². The number of nitrogens with zero attached hydrogens (tertiary/aromatic N) is 3. The third-order valence-corrected chi connectivity index (χ3v) is 4.59. The number of nitrogens with two attached hydrogens (primary N) is 1. The molecule has 0 atom stereocenters. The third kappa shape index (κ3) is 3.40. The minimum absolute atomic E-state index is 0.487. The van der Waals surface area contributed by atoms with Gasteiger partial charge >= 0.3 is 0 Å². The molecule has 0 spiro atoms. The van der Waals surface area contributed by atoms with Crippen LogP contribution >= 0.6 is 0 Å². The molecule has 0 aliphatic rings. The zero-order valence-electron chi connectivity index (χ0n) is 15.6. The Bertz CT molecular complexity index is 1080. The molecule has 0 fully saturated rings. The highest BCUT2D eigenvalue weighted by Gasteiger charge is 2.17. The van der Waals surface area contributed by atoms with E-state index in [2.05, 4.69) is 56.9 Å². The van der Waals surface area contributed by atoms with Crippen LogP contribution in [0.1, 0.15) is 6.92 Å². The molecule has 4 aromatic rings. The van der Waals surface area contributed by atoms with Gasteiger partial charge in [0.05, 0.1) is 11.4 Å². The molecule has 0 saturated heterocycles. The molecule has 1 heterocycles. The molecule has 0 aliphatic heterocycles. The first-order chi connectivity index (χ1) is 13.8. The molecule has 4 rings (SSSR count). The molecular formula is C22H22N6. The van der Waals surface area contributed by atoms with Crippen LogP contribution in [0.15, 0.2) is 79.1 Å². The van der Waals surface area contributed by atoms with Crippen molar-refractivity contribution in [3.8, 4) is 0 Å². The molecule has 28 heavy (non-hydrogen) atoms. The van der Waals surface area contributed by atoms with Gasteiger partial charge in [-0.2, -0.15) is 0 Å². The maximum absolute atomic E-state index is 6.44. The van der Waals surface area contributed by atoms with Crippen molar-refractivity contribution in [1.29, 1.82) is 0 Å². The lowest BCUT2D eigenvalue weighted by molar-refractivity contribution is 0.984. The lowest BCUT2D eigenvalue weighted by Crippen LogP contribution is -2.21. The summed E-state index contributed by atoms with van der Waals surface area (Å²) in [5.74, 6) is 1.21. The van der Waals surface area contributed by atoms with Crippen molar-refractivity contribution < 1.29 is 0 Å². The van der Waals surface area contributed by atoms with E-state index in [1.807, 2.05) is 48.5 Å². The lowest BCUT2D eigenvalue weighted by Gasteiger charge is -2.25. The van der Waals surface area contributed by atoms with Crippen LogP contribution in [-0.4, -0.2) is 16.5 Å². The van der Waals surface area contributed by atoms with E-state index in [1.165, 1.54) is 11.7 Å². The Labute approximate surface area is 164 Å². The Morgan fingerprint density at radius 1 is 0.857 bits per heavy atom. The summed E-state index contributed by atoms with van der Waals surface area (Å²) in [6, 6.07) is 24.3. The summed E-state index contributed by atoms with van der Waals surface area (Å²) in [6.45, 7) is 2.80. The third-order valence-electron chi connectivity index (χ3n) is 4.59. The minimum Gasteiger partial charge on any atom is -0.393 e. The molecule has 1 aromatic heterocycles. The van der Waals surface area contributed by atoms with Gasteiger partial charge in [0, 0.05) is 11.9 Å². The van der Waals surface area contributed by atoms with E-state index in [-0.39, 0.29) is 0 Å². The highest BCUT2D eigenvalue weighted by molar-refractivity contribution is 5.97. The monoisotopic (exact) mass is 370 g/mol. The van der Waals surface area contributed by atoms with E-state index >= 15 is 0 Å². The zero-order valence-corrected chi connectivity index (χ0v) is 15.6. The van der Waals surface area contributed by atoms with Gasteiger partial charge in [0.2, 0.25) is 0 Å². The van der Waals surface area contributed by atoms with Crippen LogP contribution in [0.5, 0.6) is 0 Å². The summed E-state index contributed by atoms with van der Waals surface area (Å²) in [7, 11) is 0. The first-order valence-electron chi connectivity index (χ1n) is 9.20. The van der Waals surface area contributed by atoms with Gasteiger partial charge in [-0.3, -0.25) is 10.9 Å². The fourth-order valence-electron chi connectivity index (χ4n) is 3.23. The molecule has 6 heteroatoms. The van der Waals surface area contributed by atoms with E-state index in [4.69, 9.17) is 5.73 Å². The smallest absolute Gasteiger partial charge is 0.173 e. The normalized spacial score (nSPS) is 10.6. The lowest BCUT2D eigenvalue weighted by atomic mass is 10.1. The highest BCUT2D eigenvalue weighted by Crippen LogP contribution is 2.35. The van der Waals surface area contributed by atoms with Gasteiger partial charge in [-0.05, 0) is 30.5 Å². The highest BCUT2D eigenvalue weighted by atomic mass is 15.4. The summed E-state index contributed by atoms with van der Waals surface area (Å²) in [4.78, 5) is 10.9. The van der Waals surface area contributed by atoms with Gasteiger partial charge in [-0.25, -0.2) is 9.97 Å². The predicted octanol–water partition coefficient (Wildman–Crippen LogP) is 4.81. The molecule has 0 bridgehead atoms. The number of fused-ring (bicyclic) bond motifs is 1. The number of aromatic nitrogens is 2. The SMILES string of the molecule is CCN(c1ncnc(NNc2ccccc2)c1N)c1cccc2ccccc12. The molecule has 6 nitrogen and oxygen atoms in total. The average Bonchev–Trinajstić information content (AvgIpc) is 2.75. The molecule has 0 saturated carbocycles. The molecule has 0 unspecified atom stereocenters. The van der Waals surface area contributed by atoms with Crippen LogP contribution in [-0.2, 0) is 0 Å². The summed E-state index contributed by atoms with van der Waals surface area (Å²) in [5, 5.41) is 2.33. The molecule has 0 amide bonds. The number of para-hydroxylation sites is 1. The van der Waals surface area contributed by atoms with Crippen LogP contribution in [0.2, 0.25) is 0 Å². The van der Waals surface area contributed by atoms with Crippen molar-refractivity contribution in [2.45, 2.75) is 6.92 Å². The van der Waals surface area contributed by atoms with Crippen LogP contribution in [0.4, 0.5) is 28.7 Å². The molecule has 0 aliphatic carbocycles. The maximum atomic E-state index is 6.44. The zero-order chi connectivity index (χ0) is 19.3. The number of benzene rings is 3. The van der Waals surface area contributed by atoms with Crippen LogP contribution in [0.3, 0.4) is 0 Å². The average molecular weight is 370 g/mol. The van der Waals surface area contributed by atoms with E-state index in [0.717, 1.165) is 23.3 Å². The van der Waals surface area contributed by atoms with E-state index in [0.29, 0.717) is 17.3 Å². The minimum atomic E-state index is 0.487. The van der Waals surface area contributed by atoms with Crippen molar-refractivity contribution in [3.63, 3.8) is 0 Å². The van der Waals surface area contributed by atoms with Crippen molar-refractivity contribution >= 4 is 39.5 Å². The van der Waals surface area contributed by atoms with Crippen molar-refractivity contribution in [2.75, 3.05) is 28.0 Å². The molecule has 140 valence electrons. The Morgan fingerprint density at radius 3 is 2.43 bits per heavy atom. The second-order valence-corrected chi connectivity index (χ2v) is 6.32. The van der Waals surface area contributed by atoms with Crippen molar-refractivity contribution in [1.82, 2.24) is 9.97 Å². The van der Waals surface area contributed by atoms with Crippen molar-refractivity contribution in [2.24, 2.45) is 0 Å². The number of anilines is 5. The van der Waals surface area contributed by atoms with Gasteiger partial charge in [0.1, 0.15) is 12.0 Å². The van der Waals surface area contributed by atoms with Gasteiger partial charge in [-0.1, -0.05) is 54.6 Å². The Morgan fingerprint density at radius 2 is 1.61 bits per heavy atom. The fraction of sp³-hybridized carbons (Fsp3) is 0.0909. The Kier molecular flexibility index (Phi) is 4.93. The Balaban J connectivity index is 1.69. The maximum Gasteiger partial charge on any atom is 0.173 e. The summed E-state index contributed by atoms with van der Waals surface area (Å²) >= 11 is 0. The standard InChI is InChI=1S/C22H22N6/c1-2-28(19-14-8-10-16-9-6-7-13-18(16)19)22-20(23)21(24-15-25-22)27-26-17-11-4-3-5-12-17/h3-15,26H,2,23H2,1H3,(H,24,25,27).